The first-order valence-corrected chi connectivity index (χ1v) is 13.6. The van der Waals surface area contributed by atoms with E-state index in [0.29, 0.717) is 0 Å². The Morgan fingerprint density at radius 2 is 1.91 bits per heavy atom. The summed E-state index contributed by atoms with van der Waals surface area (Å²) in [7, 11) is 0. The standard InChI is InChI=1S/C5H4NO.3CH3.Sn/c7-5-2-1-3-6-4-5;;;;/h2-4,7H;3*1H3;. The molecule has 0 aliphatic carbocycles. The van der Waals surface area contributed by atoms with Crippen molar-refractivity contribution in [3.8, 4) is 5.75 Å². The van der Waals surface area contributed by atoms with Gasteiger partial charge in [-0.05, 0) is 0 Å². The van der Waals surface area contributed by atoms with Crippen molar-refractivity contribution in [2.75, 3.05) is 0 Å². The number of hydrogen-bond acceptors (Lipinski definition) is 2. The first-order chi connectivity index (χ1) is 5.00. The molecule has 0 fully saturated rings. The van der Waals surface area contributed by atoms with Gasteiger partial charge in [0.05, 0.1) is 0 Å². The van der Waals surface area contributed by atoms with Gasteiger partial charge < -0.3 is 0 Å². The summed E-state index contributed by atoms with van der Waals surface area (Å²) in [6.07, 6.45) is 3.34. The van der Waals surface area contributed by atoms with Crippen LogP contribution in [0.1, 0.15) is 0 Å². The molecule has 3 heteroatoms. The average molecular weight is 258 g/mol. The zero-order valence-corrected chi connectivity index (χ0v) is 9.98. The van der Waals surface area contributed by atoms with Crippen LogP contribution in [-0.2, 0) is 0 Å². The third-order valence-electron chi connectivity index (χ3n) is 1.59. The van der Waals surface area contributed by atoms with E-state index in [9.17, 15) is 0 Å². The molecule has 0 aliphatic rings. The topological polar surface area (TPSA) is 33.1 Å². The summed E-state index contributed by atoms with van der Waals surface area (Å²) in [6.45, 7) is 0. The van der Waals surface area contributed by atoms with E-state index in [4.69, 9.17) is 5.11 Å². The van der Waals surface area contributed by atoms with Gasteiger partial charge in [-0.3, -0.25) is 0 Å². The van der Waals surface area contributed by atoms with E-state index in [1.54, 1.807) is 0 Å². The molecular formula is C8H13NOSn. The fraction of sp³-hybridized carbons (Fsp3) is 0.375. The number of aromatic hydroxyl groups is 1. The van der Waals surface area contributed by atoms with Crippen molar-refractivity contribution in [1.29, 1.82) is 0 Å². The Hall–Kier alpha value is -0.251. The number of rotatable bonds is 1. The Labute approximate surface area is 71.2 Å². The zero-order chi connectivity index (χ0) is 8.48. The molecule has 1 aromatic rings. The average Bonchev–Trinajstić information content (AvgIpc) is 1.86. The van der Waals surface area contributed by atoms with Crippen LogP contribution in [0, 0.1) is 0 Å². The van der Waals surface area contributed by atoms with Crippen LogP contribution in [-0.4, -0.2) is 28.5 Å². The van der Waals surface area contributed by atoms with Crippen molar-refractivity contribution >= 4 is 22.0 Å². The molecule has 0 saturated heterocycles. The number of pyridine rings is 1. The van der Waals surface area contributed by atoms with Crippen LogP contribution in [0.25, 0.3) is 0 Å². The molecular weight excluding hydrogens is 245 g/mol. The zero-order valence-electron chi connectivity index (χ0n) is 7.13. The van der Waals surface area contributed by atoms with E-state index in [2.05, 4.69) is 19.8 Å². The summed E-state index contributed by atoms with van der Waals surface area (Å²) in [5, 5.41) is 9.15. The normalized spacial score (nSPS) is 11.5. The van der Waals surface area contributed by atoms with Gasteiger partial charge in [0, 0.05) is 0 Å². The van der Waals surface area contributed by atoms with Crippen molar-refractivity contribution in [3.05, 3.63) is 18.5 Å². The molecule has 0 saturated carbocycles. The Kier molecular flexibility index (Phi) is 2.42. The fourth-order valence-electron chi connectivity index (χ4n) is 0.838. The molecule has 11 heavy (non-hydrogen) atoms. The molecule has 0 bridgehead atoms. The predicted molar refractivity (Wildman–Crippen MR) is 48.9 cm³/mol. The quantitative estimate of drug-likeness (QED) is 0.771. The summed E-state index contributed by atoms with van der Waals surface area (Å²) in [5.41, 5.74) is 0. The molecule has 1 aromatic heterocycles. The number of nitrogens with zero attached hydrogens (tertiary/aromatic N) is 1. The van der Waals surface area contributed by atoms with Gasteiger partial charge in [0.15, 0.2) is 0 Å². The summed E-state index contributed by atoms with van der Waals surface area (Å²) in [5.74, 6) is 0.286. The van der Waals surface area contributed by atoms with Gasteiger partial charge in [0.2, 0.25) is 0 Å². The minimum atomic E-state index is -1.98. The van der Waals surface area contributed by atoms with Crippen molar-refractivity contribution in [2.24, 2.45) is 0 Å². The van der Waals surface area contributed by atoms with Crippen molar-refractivity contribution in [1.82, 2.24) is 4.98 Å². The molecule has 2 nitrogen and oxygen atoms in total. The van der Waals surface area contributed by atoms with E-state index < -0.39 is 18.4 Å². The Morgan fingerprint density at radius 3 is 2.27 bits per heavy atom. The summed E-state index contributed by atoms with van der Waals surface area (Å²) in [6, 6.07) is 1.84. The van der Waals surface area contributed by atoms with Crippen LogP contribution in [0.5, 0.6) is 5.75 Å². The van der Waals surface area contributed by atoms with Gasteiger partial charge in [-0.1, -0.05) is 0 Å². The summed E-state index contributed by atoms with van der Waals surface area (Å²) >= 11 is -1.98. The second kappa shape index (κ2) is 3.01. The molecule has 0 aromatic carbocycles. The van der Waals surface area contributed by atoms with E-state index >= 15 is 0 Å². The second-order valence-corrected chi connectivity index (χ2v) is 18.2. The van der Waals surface area contributed by atoms with E-state index in [0.717, 1.165) is 0 Å². The Balaban J connectivity index is 3.06. The molecule has 1 rings (SSSR count). The molecule has 0 atom stereocenters. The van der Waals surface area contributed by atoms with Gasteiger partial charge in [-0.15, -0.1) is 0 Å². The van der Waals surface area contributed by atoms with Crippen LogP contribution in [0.15, 0.2) is 18.5 Å². The Bertz CT molecular complexity index is 255. The fourth-order valence-corrected chi connectivity index (χ4v) is 3.81. The van der Waals surface area contributed by atoms with Crippen LogP contribution < -0.4 is 3.58 Å². The Morgan fingerprint density at radius 1 is 1.27 bits per heavy atom. The van der Waals surface area contributed by atoms with Gasteiger partial charge in [0.1, 0.15) is 0 Å². The molecule has 0 radical (unpaired) electrons. The third-order valence-corrected chi connectivity index (χ3v) is 7.31. The predicted octanol–water partition coefficient (Wildman–Crippen LogP) is 1.33. The number of hydrogen-bond donors (Lipinski definition) is 1. The number of aromatic nitrogens is 1. The van der Waals surface area contributed by atoms with Crippen LogP contribution in [0.3, 0.4) is 0 Å². The van der Waals surface area contributed by atoms with E-state index in [1.807, 2.05) is 12.3 Å². The molecule has 0 spiro atoms. The monoisotopic (exact) mass is 259 g/mol. The van der Waals surface area contributed by atoms with Gasteiger partial charge in [-0.2, -0.15) is 0 Å². The first kappa shape index (κ1) is 8.84. The second-order valence-electron chi connectivity index (χ2n) is 3.68. The molecule has 1 N–H and O–H groups in total. The third kappa shape index (κ3) is 2.36. The van der Waals surface area contributed by atoms with Crippen LogP contribution >= 0.6 is 0 Å². The maximum absolute atomic E-state index is 9.15. The summed E-state index contributed by atoms with van der Waals surface area (Å²) < 4.78 is 1.26. The van der Waals surface area contributed by atoms with E-state index in [1.165, 1.54) is 9.78 Å². The van der Waals surface area contributed by atoms with Gasteiger partial charge >= 0.3 is 71.1 Å². The summed E-state index contributed by atoms with van der Waals surface area (Å²) in [4.78, 5) is 10.8. The maximum atomic E-state index is 9.15. The van der Waals surface area contributed by atoms with Crippen LogP contribution in [0.2, 0.25) is 14.8 Å². The minimum absolute atomic E-state index is 0.286. The van der Waals surface area contributed by atoms with Crippen molar-refractivity contribution in [2.45, 2.75) is 14.8 Å². The molecule has 0 aliphatic heterocycles. The van der Waals surface area contributed by atoms with Crippen LogP contribution in [0.4, 0.5) is 0 Å². The van der Waals surface area contributed by atoms with Crippen molar-refractivity contribution in [3.63, 3.8) is 0 Å². The van der Waals surface area contributed by atoms with Gasteiger partial charge in [-0.25, -0.2) is 0 Å². The first-order valence-electron chi connectivity index (χ1n) is 3.64. The van der Waals surface area contributed by atoms with Gasteiger partial charge in [0.25, 0.3) is 0 Å². The molecule has 1 heterocycles. The molecule has 0 amide bonds. The van der Waals surface area contributed by atoms with Crippen molar-refractivity contribution < 1.29 is 5.11 Å². The van der Waals surface area contributed by atoms with E-state index in [-0.39, 0.29) is 5.75 Å². The SMILES string of the molecule is [CH3][Sn]([CH3])([CH3])[c]1cncc(O)c1. The molecule has 60 valence electrons. The molecule has 0 unspecified atom stereocenters.